The maximum absolute atomic E-state index is 12.2. The number of aliphatic carboxylic acids is 1. The summed E-state index contributed by atoms with van der Waals surface area (Å²) in [5.74, 6) is 0.547. The summed E-state index contributed by atoms with van der Waals surface area (Å²) in [5, 5.41) is 9.13. The van der Waals surface area contributed by atoms with E-state index >= 15 is 0 Å². The van der Waals surface area contributed by atoms with Gasteiger partial charge in [0.25, 0.3) is 0 Å². The third-order valence-electron chi connectivity index (χ3n) is 3.38. The molecule has 1 aliphatic rings. The third-order valence-corrected chi connectivity index (χ3v) is 3.38. The molecule has 0 aromatic heterocycles. The molecule has 0 heterocycles. The van der Waals surface area contributed by atoms with Gasteiger partial charge in [0.05, 0.1) is 18.4 Å². The number of nitrogens with zero attached hydrogens (tertiary/aromatic N) is 1. The van der Waals surface area contributed by atoms with Crippen LogP contribution >= 0.6 is 0 Å². The van der Waals surface area contributed by atoms with Crippen molar-refractivity contribution >= 4 is 11.9 Å². The van der Waals surface area contributed by atoms with Gasteiger partial charge in [-0.25, -0.2) is 0 Å². The lowest BCUT2D eigenvalue weighted by atomic mass is 9.78. The van der Waals surface area contributed by atoms with Gasteiger partial charge in [-0.2, -0.15) is 0 Å². The number of amides is 1. The first-order chi connectivity index (χ1) is 8.11. The summed E-state index contributed by atoms with van der Waals surface area (Å²) in [6, 6.07) is 0. The fraction of sp³-hybridized carbons (Fsp3) is 0.692. The van der Waals surface area contributed by atoms with Gasteiger partial charge in [0.2, 0.25) is 5.91 Å². The number of carbonyl (C=O) groups excluding carboxylic acids is 1. The van der Waals surface area contributed by atoms with Crippen molar-refractivity contribution in [1.29, 1.82) is 0 Å². The summed E-state index contributed by atoms with van der Waals surface area (Å²) in [6.07, 6.45) is 8.28. The van der Waals surface area contributed by atoms with Crippen molar-refractivity contribution < 1.29 is 14.7 Å². The zero-order chi connectivity index (χ0) is 12.8. The molecular weight excluding hydrogens is 218 g/mol. The van der Waals surface area contributed by atoms with E-state index in [2.05, 4.69) is 5.92 Å². The Bertz CT molecular complexity index is 332. The molecule has 1 rings (SSSR count). The Labute approximate surface area is 102 Å². The molecule has 94 valence electrons. The normalized spacial score (nSPS) is 23.8. The molecule has 4 nitrogen and oxygen atoms in total. The molecule has 0 unspecified atom stereocenters. The van der Waals surface area contributed by atoms with E-state index in [-0.39, 0.29) is 12.5 Å². The maximum Gasteiger partial charge on any atom is 0.307 e. The van der Waals surface area contributed by atoms with Crippen LogP contribution in [0.4, 0.5) is 0 Å². The molecule has 2 atom stereocenters. The van der Waals surface area contributed by atoms with Crippen molar-refractivity contribution in [1.82, 2.24) is 4.90 Å². The van der Waals surface area contributed by atoms with Crippen LogP contribution in [0, 0.1) is 24.2 Å². The number of carboxylic acid groups (broad SMARTS) is 1. The van der Waals surface area contributed by atoms with Crippen molar-refractivity contribution in [3.63, 3.8) is 0 Å². The lowest BCUT2D eigenvalue weighted by Gasteiger charge is -2.31. The van der Waals surface area contributed by atoms with Gasteiger partial charge in [0.15, 0.2) is 0 Å². The molecule has 4 heteroatoms. The van der Waals surface area contributed by atoms with Crippen LogP contribution in [0.25, 0.3) is 0 Å². The second kappa shape index (κ2) is 6.29. The highest BCUT2D eigenvalue weighted by Gasteiger charge is 2.37. The van der Waals surface area contributed by atoms with Gasteiger partial charge in [-0.1, -0.05) is 18.8 Å². The van der Waals surface area contributed by atoms with Crippen LogP contribution in [-0.4, -0.2) is 35.0 Å². The van der Waals surface area contributed by atoms with Gasteiger partial charge in [-0.15, -0.1) is 6.42 Å². The molecule has 1 amide bonds. The van der Waals surface area contributed by atoms with Crippen molar-refractivity contribution in [3.8, 4) is 12.3 Å². The largest absolute Gasteiger partial charge is 0.481 e. The summed E-state index contributed by atoms with van der Waals surface area (Å²) in [4.78, 5) is 24.9. The highest BCUT2D eigenvalue weighted by molar-refractivity contribution is 5.85. The molecular formula is C13H19NO3. The fourth-order valence-corrected chi connectivity index (χ4v) is 2.41. The van der Waals surface area contributed by atoms with Crippen molar-refractivity contribution in [2.75, 3.05) is 13.1 Å². The van der Waals surface area contributed by atoms with Crippen LogP contribution in [0.1, 0.15) is 32.6 Å². The molecule has 0 aromatic rings. The minimum absolute atomic E-state index is 0.0995. The van der Waals surface area contributed by atoms with Gasteiger partial charge >= 0.3 is 5.97 Å². The molecule has 1 aliphatic carbocycles. The molecule has 0 spiro atoms. The molecule has 0 aromatic carbocycles. The first-order valence-electron chi connectivity index (χ1n) is 6.06. The first-order valence-corrected chi connectivity index (χ1v) is 6.06. The molecule has 0 aliphatic heterocycles. The Morgan fingerprint density at radius 1 is 1.35 bits per heavy atom. The predicted octanol–water partition coefficient (Wildman–Crippen LogP) is 1.36. The fourth-order valence-electron chi connectivity index (χ4n) is 2.41. The molecule has 1 fully saturated rings. The molecule has 0 bridgehead atoms. The number of rotatable bonds is 4. The van der Waals surface area contributed by atoms with Crippen molar-refractivity contribution in [2.45, 2.75) is 32.6 Å². The van der Waals surface area contributed by atoms with Crippen LogP contribution in [0.15, 0.2) is 0 Å². The number of hydrogen-bond acceptors (Lipinski definition) is 2. The average molecular weight is 237 g/mol. The van der Waals surface area contributed by atoms with E-state index in [4.69, 9.17) is 11.5 Å². The van der Waals surface area contributed by atoms with Gasteiger partial charge in [0, 0.05) is 6.54 Å². The Kier molecular flexibility index (Phi) is 5.02. The molecule has 1 saturated carbocycles. The monoisotopic (exact) mass is 237 g/mol. The van der Waals surface area contributed by atoms with Gasteiger partial charge < -0.3 is 10.0 Å². The second-order valence-electron chi connectivity index (χ2n) is 4.39. The van der Waals surface area contributed by atoms with Crippen LogP contribution in [0.2, 0.25) is 0 Å². The van der Waals surface area contributed by atoms with E-state index in [9.17, 15) is 9.59 Å². The molecule has 0 saturated heterocycles. The molecule has 1 N–H and O–H groups in total. The summed E-state index contributed by atoms with van der Waals surface area (Å²) < 4.78 is 0. The zero-order valence-electron chi connectivity index (χ0n) is 10.2. The summed E-state index contributed by atoms with van der Waals surface area (Å²) >= 11 is 0. The number of carbonyl (C=O) groups is 2. The number of hydrogen-bond donors (Lipinski definition) is 1. The summed E-state index contributed by atoms with van der Waals surface area (Å²) in [5.41, 5.74) is 0. The van der Waals surface area contributed by atoms with E-state index in [0.29, 0.717) is 19.4 Å². The van der Waals surface area contributed by atoms with E-state index in [1.54, 1.807) is 4.90 Å². The number of terminal acetylenes is 1. The van der Waals surface area contributed by atoms with Crippen LogP contribution in [-0.2, 0) is 9.59 Å². The Balaban J connectivity index is 2.77. The Morgan fingerprint density at radius 3 is 2.41 bits per heavy atom. The van der Waals surface area contributed by atoms with Crippen LogP contribution < -0.4 is 0 Å². The predicted molar refractivity (Wildman–Crippen MR) is 64.2 cm³/mol. The van der Waals surface area contributed by atoms with Crippen molar-refractivity contribution in [3.05, 3.63) is 0 Å². The Morgan fingerprint density at radius 2 is 1.94 bits per heavy atom. The van der Waals surface area contributed by atoms with E-state index in [0.717, 1.165) is 12.8 Å². The lowest BCUT2D eigenvalue weighted by Crippen LogP contribution is -2.42. The van der Waals surface area contributed by atoms with E-state index < -0.39 is 17.8 Å². The topological polar surface area (TPSA) is 57.6 Å². The van der Waals surface area contributed by atoms with E-state index in [1.807, 2.05) is 6.92 Å². The molecule has 17 heavy (non-hydrogen) atoms. The highest BCUT2D eigenvalue weighted by Crippen LogP contribution is 2.31. The van der Waals surface area contributed by atoms with Gasteiger partial charge in [0.1, 0.15) is 0 Å². The molecule has 0 radical (unpaired) electrons. The summed E-state index contributed by atoms with van der Waals surface area (Å²) in [6.45, 7) is 2.65. The lowest BCUT2D eigenvalue weighted by molar-refractivity contribution is -0.152. The average Bonchev–Trinajstić information content (AvgIpc) is 2.35. The van der Waals surface area contributed by atoms with Crippen LogP contribution in [0.5, 0.6) is 0 Å². The number of carboxylic acids is 1. The maximum atomic E-state index is 12.2. The Hall–Kier alpha value is -1.50. The van der Waals surface area contributed by atoms with E-state index in [1.165, 1.54) is 0 Å². The first kappa shape index (κ1) is 13.6. The smallest absolute Gasteiger partial charge is 0.307 e. The minimum atomic E-state index is -0.861. The highest BCUT2D eigenvalue weighted by atomic mass is 16.4. The van der Waals surface area contributed by atoms with Gasteiger partial charge in [-0.05, 0) is 19.8 Å². The minimum Gasteiger partial charge on any atom is -0.481 e. The summed E-state index contributed by atoms with van der Waals surface area (Å²) in [7, 11) is 0. The third kappa shape index (κ3) is 3.23. The van der Waals surface area contributed by atoms with Crippen molar-refractivity contribution in [2.24, 2.45) is 11.8 Å². The second-order valence-corrected chi connectivity index (χ2v) is 4.39. The van der Waals surface area contributed by atoms with Gasteiger partial charge in [-0.3, -0.25) is 9.59 Å². The van der Waals surface area contributed by atoms with Crippen LogP contribution in [0.3, 0.4) is 0 Å². The standard InChI is InChI=1S/C13H19NO3/c1-3-9-14(4-2)12(15)10-7-5-6-8-11(10)13(16)17/h1,10-11H,4-9H2,2H3,(H,16,17)/t10-,11+/m1/s1. The SMILES string of the molecule is C#CCN(CC)C(=O)[C@@H]1CCCC[C@@H]1C(=O)O. The zero-order valence-corrected chi connectivity index (χ0v) is 10.2. The quantitative estimate of drug-likeness (QED) is 0.751.